The minimum Gasteiger partial charge on any atom is -0.492 e. The molecule has 0 aromatic heterocycles. The highest BCUT2D eigenvalue weighted by Crippen LogP contribution is 2.27. The second-order valence-corrected chi connectivity index (χ2v) is 3.51. The maximum atomic E-state index is 13.1. The third-order valence-corrected chi connectivity index (χ3v) is 2.46. The first-order valence-electron chi connectivity index (χ1n) is 3.34. The molecule has 12 heavy (non-hydrogen) atoms. The Morgan fingerprint density at radius 2 is 2.42 bits per heavy atom. The van der Waals surface area contributed by atoms with Crippen LogP contribution in [0.3, 0.4) is 0 Å². The van der Waals surface area contributed by atoms with Crippen molar-refractivity contribution in [2.24, 2.45) is 0 Å². The number of ether oxygens (including phenoxy) is 1. The standard InChI is InChI=1S/C8H6ClFIO/c1-2-12-6-4-3-5(9)7(10)8(6)11/h3H,2H2,1H3. The van der Waals surface area contributed by atoms with E-state index < -0.39 is 5.82 Å². The van der Waals surface area contributed by atoms with Crippen molar-refractivity contribution in [2.45, 2.75) is 6.92 Å². The Bertz CT molecular complexity index is 291. The summed E-state index contributed by atoms with van der Waals surface area (Å²) in [5.74, 6) is -0.0283. The van der Waals surface area contributed by atoms with E-state index in [2.05, 4.69) is 6.07 Å². The predicted octanol–water partition coefficient (Wildman–Crippen LogP) is 3.28. The molecule has 0 aliphatic heterocycles. The van der Waals surface area contributed by atoms with E-state index in [0.717, 1.165) is 0 Å². The van der Waals surface area contributed by atoms with Gasteiger partial charge in [-0.05, 0) is 35.6 Å². The second kappa shape index (κ2) is 4.28. The molecule has 1 aromatic carbocycles. The summed E-state index contributed by atoms with van der Waals surface area (Å²) in [5, 5.41) is 0.0721. The summed E-state index contributed by atoms with van der Waals surface area (Å²) in [5.41, 5.74) is 0. The summed E-state index contributed by atoms with van der Waals surface area (Å²) in [4.78, 5) is 0. The predicted molar refractivity (Wildman–Crippen MR) is 54.1 cm³/mol. The summed E-state index contributed by atoms with van der Waals surface area (Å²) < 4.78 is 18.6. The Morgan fingerprint density at radius 1 is 1.75 bits per heavy atom. The van der Waals surface area contributed by atoms with Gasteiger partial charge in [-0.15, -0.1) is 0 Å². The van der Waals surface area contributed by atoms with Gasteiger partial charge in [0.25, 0.3) is 0 Å². The van der Waals surface area contributed by atoms with Gasteiger partial charge < -0.3 is 4.74 Å². The van der Waals surface area contributed by atoms with E-state index >= 15 is 0 Å². The second-order valence-electron chi connectivity index (χ2n) is 2.03. The molecule has 0 atom stereocenters. The van der Waals surface area contributed by atoms with Crippen LogP contribution in [-0.2, 0) is 0 Å². The molecular formula is C8H6ClFIO. The first kappa shape index (κ1) is 10.1. The fourth-order valence-corrected chi connectivity index (χ4v) is 1.62. The Morgan fingerprint density at radius 3 is 3.00 bits per heavy atom. The maximum absolute atomic E-state index is 13.1. The summed E-state index contributed by atoms with van der Waals surface area (Å²) in [6, 6.07) is 4.11. The van der Waals surface area contributed by atoms with Crippen molar-refractivity contribution in [3.05, 3.63) is 26.5 Å². The third kappa shape index (κ3) is 2.01. The zero-order valence-corrected chi connectivity index (χ0v) is 9.24. The molecule has 0 spiro atoms. The Labute approximate surface area is 89.0 Å². The lowest BCUT2D eigenvalue weighted by Crippen LogP contribution is -1.96. The maximum Gasteiger partial charge on any atom is 0.158 e. The van der Waals surface area contributed by atoms with Crippen LogP contribution in [0.5, 0.6) is 5.75 Å². The van der Waals surface area contributed by atoms with Gasteiger partial charge >= 0.3 is 0 Å². The molecule has 65 valence electrons. The molecule has 1 rings (SSSR count). The quantitative estimate of drug-likeness (QED) is 0.601. The van der Waals surface area contributed by atoms with Crippen molar-refractivity contribution < 1.29 is 9.13 Å². The molecule has 0 bridgehead atoms. The minimum atomic E-state index is -0.445. The van der Waals surface area contributed by atoms with Gasteiger partial charge in [0.15, 0.2) is 5.82 Å². The summed E-state index contributed by atoms with van der Waals surface area (Å²) in [6.07, 6.45) is 0. The van der Waals surface area contributed by atoms with E-state index in [-0.39, 0.29) is 5.02 Å². The smallest absolute Gasteiger partial charge is 0.158 e. The van der Waals surface area contributed by atoms with Crippen molar-refractivity contribution in [2.75, 3.05) is 6.61 Å². The molecule has 0 aliphatic carbocycles. The fourth-order valence-electron chi connectivity index (χ4n) is 0.710. The molecular weight excluding hydrogens is 293 g/mol. The largest absolute Gasteiger partial charge is 0.492 e. The molecule has 0 saturated carbocycles. The van der Waals surface area contributed by atoms with Crippen LogP contribution in [0.4, 0.5) is 4.39 Å². The molecule has 0 N–H and O–H groups in total. The number of halogens is 3. The zero-order chi connectivity index (χ0) is 9.14. The van der Waals surface area contributed by atoms with Gasteiger partial charge in [-0.2, -0.15) is 0 Å². The summed E-state index contributed by atoms with van der Waals surface area (Å²) >= 11 is 7.36. The monoisotopic (exact) mass is 299 g/mol. The van der Waals surface area contributed by atoms with Crippen LogP contribution in [0.1, 0.15) is 6.92 Å². The average molecular weight is 299 g/mol. The van der Waals surface area contributed by atoms with Gasteiger partial charge in [0.1, 0.15) is 5.75 Å². The van der Waals surface area contributed by atoms with Crippen LogP contribution >= 0.6 is 34.2 Å². The first-order valence-corrected chi connectivity index (χ1v) is 4.80. The summed E-state index contributed by atoms with van der Waals surface area (Å²) in [7, 11) is 0. The highest BCUT2D eigenvalue weighted by Gasteiger charge is 2.10. The van der Waals surface area contributed by atoms with Gasteiger partial charge in [0, 0.05) is 6.07 Å². The van der Waals surface area contributed by atoms with Crippen molar-refractivity contribution in [1.29, 1.82) is 0 Å². The fraction of sp³-hybridized carbons (Fsp3) is 0.250. The van der Waals surface area contributed by atoms with E-state index in [0.29, 0.717) is 15.9 Å². The van der Waals surface area contributed by atoms with E-state index in [1.54, 1.807) is 0 Å². The molecule has 1 nitrogen and oxygen atoms in total. The molecule has 1 aromatic rings. The van der Waals surface area contributed by atoms with Crippen molar-refractivity contribution >= 4 is 34.2 Å². The van der Waals surface area contributed by atoms with Crippen molar-refractivity contribution in [1.82, 2.24) is 0 Å². The van der Waals surface area contributed by atoms with Crippen LogP contribution in [0.2, 0.25) is 5.02 Å². The van der Waals surface area contributed by atoms with Gasteiger partial charge in [0.2, 0.25) is 0 Å². The molecule has 4 heteroatoms. The molecule has 0 unspecified atom stereocenters. The highest BCUT2D eigenvalue weighted by molar-refractivity contribution is 14.1. The Hall–Kier alpha value is -0.0300. The van der Waals surface area contributed by atoms with Crippen molar-refractivity contribution in [3.63, 3.8) is 0 Å². The average Bonchev–Trinajstić information content (AvgIpc) is 2.07. The lowest BCUT2D eigenvalue weighted by Gasteiger charge is -2.05. The lowest BCUT2D eigenvalue weighted by molar-refractivity contribution is 0.334. The molecule has 0 aliphatic rings. The van der Waals surface area contributed by atoms with E-state index in [4.69, 9.17) is 16.3 Å². The van der Waals surface area contributed by atoms with Crippen LogP contribution in [0, 0.1) is 15.5 Å². The van der Waals surface area contributed by atoms with Crippen LogP contribution < -0.4 is 4.74 Å². The van der Waals surface area contributed by atoms with E-state index in [1.807, 2.05) is 29.5 Å². The first-order chi connectivity index (χ1) is 5.66. The van der Waals surface area contributed by atoms with Crippen LogP contribution in [0.25, 0.3) is 0 Å². The Kier molecular flexibility index (Phi) is 3.58. The molecule has 0 amide bonds. The van der Waals surface area contributed by atoms with Crippen LogP contribution in [-0.4, -0.2) is 6.61 Å². The Balaban J connectivity index is 3.08. The van der Waals surface area contributed by atoms with E-state index in [9.17, 15) is 4.39 Å². The number of hydrogen-bond donors (Lipinski definition) is 0. The summed E-state index contributed by atoms with van der Waals surface area (Å²) in [6.45, 7) is 2.32. The molecule has 0 fully saturated rings. The van der Waals surface area contributed by atoms with Gasteiger partial charge in [-0.3, -0.25) is 0 Å². The minimum absolute atomic E-state index is 0.0721. The highest BCUT2D eigenvalue weighted by atomic mass is 127. The van der Waals surface area contributed by atoms with Gasteiger partial charge in [-0.25, -0.2) is 4.39 Å². The number of benzene rings is 1. The normalized spacial score (nSPS) is 10.0. The lowest BCUT2D eigenvalue weighted by atomic mass is 10.3. The topological polar surface area (TPSA) is 9.23 Å². The number of hydrogen-bond acceptors (Lipinski definition) is 1. The van der Waals surface area contributed by atoms with E-state index in [1.165, 1.54) is 6.07 Å². The van der Waals surface area contributed by atoms with Crippen molar-refractivity contribution in [3.8, 4) is 5.75 Å². The van der Waals surface area contributed by atoms with Gasteiger partial charge in [0.05, 0.1) is 15.2 Å². The van der Waals surface area contributed by atoms with Crippen LogP contribution in [0.15, 0.2) is 6.07 Å². The third-order valence-electron chi connectivity index (χ3n) is 1.22. The van der Waals surface area contributed by atoms with Gasteiger partial charge in [-0.1, -0.05) is 11.6 Å². The SMILES string of the molecule is CCOc1[c]cc(Cl)c(F)c1I. The number of rotatable bonds is 2. The zero-order valence-electron chi connectivity index (χ0n) is 6.33. The molecule has 0 heterocycles. The molecule has 0 saturated heterocycles. The molecule has 1 radical (unpaired) electrons.